The number of nitrogens with one attached hydrogen (secondary N) is 1. The molecule has 0 aliphatic carbocycles. The molecule has 0 aliphatic heterocycles. The molecular formula is C15H14ClFN2O2. The minimum Gasteiger partial charge on any atom is -0.484 e. The lowest BCUT2D eigenvalue weighted by molar-refractivity contribution is -0.118. The van der Waals surface area contributed by atoms with Gasteiger partial charge in [0, 0.05) is 5.69 Å². The summed E-state index contributed by atoms with van der Waals surface area (Å²) < 4.78 is 18.4. The second-order valence-electron chi connectivity index (χ2n) is 4.48. The SMILES string of the molecule is Cc1cc(OCC(=O)Nc2ccc(Cl)c(N)c2)ccc1F. The highest BCUT2D eigenvalue weighted by molar-refractivity contribution is 6.33. The molecular weight excluding hydrogens is 295 g/mol. The monoisotopic (exact) mass is 308 g/mol. The molecule has 0 heterocycles. The zero-order valence-corrected chi connectivity index (χ0v) is 12.1. The number of aryl methyl sites for hydroxylation is 1. The molecule has 0 spiro atoms. The second kappa shape index (κ2) is 6.45. The fourth-order valence-electron chi connectivity index (χ4n) is 1.67. The average molecular weight is 309 g/mol. The molecule has 0 unspecified atom stereocenters. The van der Waals surface area contributed by atoms with Gasteiger partial charge in [-0.2, -0.15) is 0 Å². The van der Waals surface area contributed by atoms with Gasteiger partial charge in [0.25, 0.3) is 5.91 Å². The highest BCUT2D eigenvalue weighted by Gasteiger charge is 2.06. The van der Waals surface area contributed by atoms with Crippen LogP contribution in [0.4, 0.5) is 15.8 Å². The number of anilines is 2. The van der Waals surface area contributed by atoms with Gasteiger partial charge in [0.15, 0.2) is 6.61 Å². The Morgan fingerprint density at radius 1 is 1.33 bits per heavy atom. The predicted octanol–water partition coefficient (Wildman–Crippen LogP) is 3.39. The first-order valence-electron chi connectivity index (χ1n) is 6.19. The Morgan fingerprint density at radius 2 is 2.10 bits per heavy atom. The Morgan fingerprint density at radius 3 is 2.76 bits per heavy atom. The summed E-state index contributed by atoms with van der Waals surface area (Å²) in [6.07, 6.45) is 0. The number of halogens is 2. The lowest BCUT2D eigenvalue weighted by Crippen LogP contribution is -2.20. The van der Waals surface area contributed by atoms with E-state index in [0.717, 1.165) is 0 Å². The number of benzene rings is 2. The molecule has 110 valence electrons. The van der Waals surface area contributed by atoms with Crippen LogP contribution in [0.3, 0.4) is 0 Å². The van der Waals surface area contributed by atoms with E-state index in [2.05, 4.69) is 5.32 Å². The van der Waals surface area contributed by atoms with E-state index >= 15 is 0 Å². The van der Waals surface area contributed by atoms with Crippen molar-refractivity contribution in [3.05, 3.63) is 52.8 Å². The molecule has 4 nitrogen and oxygen atoms in total. The summed E-state index contributed by atoms with van der Waals surface area (Å²) in [4.78, 5) is 11.7. The van der Waals surface area contributed by atoms with Gasteiger partial charge in [0.05, 0.1) is 10.7 Å². The molecule has 0 aliphatic rings. The van der Waals surface area contributed by atoms with E-state index in [-0.39, 0.29) is 18.3 Å². The van der Waals surface area contributed by atoms with Crippen LogP contribution in [0.25, 0.3) is 0 Å². The molecule has 0 aromatic heterocycles. The largest absolute Gasteiger partial charge is 0.484 e. The van der Waals surface area contributed by atoms with Crippen molar-refractivity contribution >= 4 is 28.9 Å². The second-order valence-corrected chi connectivity index (χ2v) is 4.89. The van der Waals surface area contributed by atoms with Gasteiger partial charge in [-0.1, -0.05) is 11.6 Å². The van der Waals surface area contributed by atoms with Crippen LogP contribution in [-0.2, 0) is 4.79 Å². The van der Waals surface area contributed by atoms with Crippen molar-refractivity contribution in [2.75, 3.05) is 17.7 Å². The average Bonchev–Trinajstić information content (AvgIpc) is 2.44. The third-order valence-corrected chi connectivity index (χ3v) is 3.12. The number of hydrogen-bond acceptors (Lipinski definition) is 3. The topological polar surface area (TPSA) is 64.3 Å². The normalized spacial score (nSPS) is 10.2. The molecule has 2 aromatic carbocycles. The van der Waals surface area contributed by atoms with E-state index in [1.54, 1.807) is 25.1 Å². The smallest absolute Gasteiger partial charge is 0.262 e. The minimum absolute atomic E-state index is 0.187. The first-order valence-corrected chi connectivity index (χ1v) is 6.57. The number of ether oxygens (including phenoxy) is 1. The van der Waals surface area contributed by atoms with Gasteiger partial charge in [-0.05, 0) is 48.9 Å². The third-order valence-electron chi connectivity index (χ3n) is 2.78. The Bertz CT molecular complexity index is 677. The Kier molecular flexibility index (Phi) is 4.65. The van der Waals surface area contributed by atoms with E-state index in [4.69, 9.17) is 22.1 Å². The van der Waals surface area contributed by atoms with Gasteiger partial charge in [0.2, 0.25) is 0 Å². The van der Waals surface area contributed by atoms with Crippen LogP contribution >= 0.6 is 11.6 Å². The zero-order valence-electron chi connectivity index (χ0n) is 11.3. The molecule has 21 heavy (non-hydrogen) atoms. The van der Waals surface area contributed by atoms with Crippen molar-refractivity contribution in [3.8, 4) is 5.75 Å². The molecule has 2 rings (SSSR count). The number of carbonyl (C=O) groups excluding carboxylic acids is 1. The highest BCUT2D eigenvalue weighted by Crippen LogP contribution is 2.22. The summed E-state index contributed by atoms with van der Waals surface area (Å²) in [5.74, 6) is -0.234. The maximum atomic E-state index is 13.1. The van der Waals surface area contributed by atoms with Crippen molar-refractivity contribution < 1.29 is 13.9 Å². The maximum absolute atomic E-state index is 13.1. The number of carbonyl (C=O) groups is 1. The van der Waals surface area contributed by atoms with Crippen LogP contribution in [-0.4, -0.2) is 12.5 Å². The molecule has 0 radical (unpaired) electrons. The molecule has 2 aromatic rings. The number of nitrogens with two attached hydrogens (primary N) is 1. The van der Waals surface area contributed by atoms with Crippen molar-refractivity contribution in [1.29, 1.82) is 0 Å². The summed E-state index contributed by atoms with van der Waals surface area (Å²) >= 11 is 5.79. The summed E-state index contributed by atoms with van der Waals surface area (Å²) in [5.41, 5.74) is 7.01. The fraction of sp³-hybridized carbons (Fsp3) is 0.133. The summed E-state index contributed by atoms with van der Waals surface area (Å²) in [7, 11) is 0. The predicted molar refractivity (Wildman–Crippen MR) is 81.1 cm³/mol. The fourth-order valence-corrected chi connectivity index (χ4v) is 1.79. The van der Waals surface area contributed by atoms with Crippen LogP contribution in [0, 0.1) is 12.7 Å². The first-order chi connectivity index (χ1) is 9.95. The number of hydrogen-bond donors (Lipinski definition) is 2. The van der Waals surface area contributed by atoms with Crippen LogP contribution in [0.2, 0.25) is 5.02 Å². The summed E-state index contributed by atoms with van der Waals surface area (Å²) in [6, 6.07) is 9.08. The third kappa shape index (κ3) is 4.10. The number of rotatable bonds is 4. The number of amides is 1. The minimum atomic E-state index is -0.348. The molecule has 3 N–H and O–H groups in total. The van der Waals surface area contributed by atoms with Crippen molar-refractivity contribution in [3.63, 3.8) is 0 Å². The molecule has 0 saturated carbocycles. The van der Waals surface area contributed by atoms with Crippen LogP contribution in [0.5, 0.6) is 5.75 Å². The Balaban J connectivity index is 1.92. The molecule has 1 amide bonds. The molecule has 6 heteroatoms. The molecule has 0 atom stereocenters. The van der Waals surface area contributed by atoms with Gasteiger partial charge in [0.1, 0.15) is 11.6 Å². The maximum Gasteiger partial charge on any atom is 0.262 e. The lowest BCUT2D eigenvalue weighted by Gasteiger charge is -2.09. The Hall–Kier alpha value is -2.27. The van der Waals surface area contributed by atoms with Crippen molar-refractivity contribution in [2.45, 2.75) is 6.92 Å². The van der Waals surface area contributed by atoms with E-state index in [0.29, 0.717) is 27.7 Å². The van der Waals surface area contributed by atoms with Crippen LogP contribution < -0.4 is 15.8 Å². The van der Waals surface area contributed by atoms with Crippen molar-refractivity contribution in [1.82, 2.24) is 0 Å². The molecule has 0 bridgehead atoms. The lowest BCUT2D eigenvalue weighted by atomic mass is 10.2. The van der Waals surface area contributed by atoms with Gasteiger partial charge in [-0.15, -0.1) is 0 Å². The van der Waals surface area contributed by atoms with E-state index in [9.17, 15) is 9.18 Å². The quantitative estimate of drug-likeness (QED) is 0.851. The molecule has 0 fully saturated rings. The van der Waals surface area contributed by atoms with Crippen LogP contribution in [0.1, 0.15) is 5.56 Å². The van der Waals surface area contributed by atoms with Gasteiger partial charge in [-0.25, -0.2) is 4.39 Å². The summed E-state index contributed by atoms with van der Waals surface area (Å²) in [5, 5.41) is 3.05. The van der Waals surface area contributed by atoms with Crippen molar-refractivity contribution in [2.24, 2.45) is 0 Å². The van der Waals surface area contributed by atoms with E-state index in [1.807, 2.05) is 0 Å². The van der Waals surface area contributed by atoms with Gasteiger partial charge < -0.3 is 15.8 Å². The highest BCUT2D eigenvalue weighted by atomic mass is 35.5. The van der Waals surface area contributed by atoms with Crippen LogP contribution in [0.15, 0.2) is 36.4 Å². The van der Waals surface area contributed by atoms with E-state index < -0.39 is 0 Å². The van der Waals surface area contributed by atoms with Gasteiger partial charge in [-0.3, -0.25) is 4.79 Å². The zero-order chi connectivity index (χ0) is 15.4. The van der Waals surface area contributed by atoms with E-state index in [1.165, 1.54) is 18.2 Å². The number of nitrogen functional groups attached to an aromatic ring is 1. The Labute approximate surface area is 126 Å². The van der Waals surface area contributed by atoms with Gasteiger partial charge >= 0.3 is 0 Å². The standard InChI is InChI=1S/C15H14ClFN2O2/c1-9-6-11(3-5-13(9)17)21-8-15(20)19-10-2-4-12(16)14(18)7-10/h2-7H,8,18H2,1H3,(H,19,20). The summed E-state index contributed by atoms with van der Waals surface area (Å²) in [6.45, 7) is 1.44. The molecule has 0 saturated heterocycles. The first kappa shape index (κ1) is 15.1.